The van der Waals surface area contributed by atoms with Crippen LogP contribution in [0.2, 0.25) is 0 Å². The summed E-state index contributed by atoms with van der Waals surface area (Å²) in [4.78, 5) is 14.9. The van der Waals surface area contributed by atoms with Crippen molar-refractivity contribution in [3.63, 3.8) is 0 Å². The highest BCUT2D eigenvalue weighted by atomic mass is 19.3. The second kappa shape index (κ2) is 9.67. The SMILES string of the molecule is CC=c1cc(CNCC(c2ccccc2)N2CCC(F)(F)CC2)c(=O)n(C)c1=CC. The van der Waals surface area contributed by atoms with Crippen LogP contribution >= 0.6 is 0 Å². The highest BCUT2D eigenvalue weighted by Crippen LogP contribution is 2.32. The van der Waals surface area contributed by atoms with E-state index >= 15 is 0 Å². The summed E-state index contributed by atoms with van der Waals surface area (Å²) in [5.41, 5.74) is 1.78. The molecule has 1 aliphatic heterocycles. The quantitative estimate of drug-likeness (QED) is 0.788. The van der Waals surface area contributed by atoms with Gasteiger partial charge in [-0.05, 0) is 30.7 Å². The second-order valence-corrected chi connectivity index (χ2v) is 7.90. The first-order valence-corrected chi connectivity index (χ1v) is 10.6. The summed E-state index contributed by atoms with van der Waals surface area (Å²) in [5, 5.41) is 5.34. The molecule has 1 aromatic heterocycles. The molecule has 2 heterocycles. The lowest BCUT2D eigenvalue weighted by Crippen LogP contribution is -2.45. The van der Waals surface area contributed by atoms with Crippen molar-refractivity contribution in [2.75, 3.05) is 19.6 Å². The molecule has 0 amide bonds. The third kappa shape index (κ3) is 5.05. The predicted molar refractivity (Wildman–Crippen MR) is 118 cm³/mol. The Morgan fingerprint density at radius 1 is 1.13 bits per heavy atom. The molecule has 1 aliphatic rings. The minimum absolute atomic E-state index is 0.00777. The summed E-state index contributed by atoms with van der Waals surface area (Å²) in [6, 6.07) is 11.9. The Hall–Kier alpha value is -2.31. The first-order chi connectivity index (χ1) is 14.4. The van der Waals surface area contributed by atoms with E-state index in [1.54, 1.807) is 11.6 Å². The van der Waals surface area contributed by atoms with E-state index in [4.69, 9.17) is 0 Å². The highest BCUT2D eigenvalue weighted by molar-refractivity contribution is 5.29. The topological polar surface area (TPSA) is 37.3 Å². The van der Waals surface area contributed by atoms with Gasteiger partial charge < -0.3 is 9.88 Å². The van der Waals surface area contributed by atoms with Crippen LogP contribution in [0.3, 0.4) is 0 Å². The molecular formula is C24H31F2N3O. The Morgan fingerprint density at radius 2 is 1.80 bits per heavy atom. The smallest absolute Gasteiger partial charge is 0.255 e. The van der Waals surface area contributed by atoms with E-state index in [2.05, 4.69) is 10.2 Å². The van der Waals surface area contributed by atoms with E-state index in [0.717, 1.165) is 16.1 Å². The van der Waals surface area contributed by atoms with Crippen LogP contribution in [0, 0.1) is 0 Å². The highest BCUT2D eigenvalue weighted by Gasteiger charge is 2.36. The zero-order valence-corrected chi connectivity index (χ0v) is 18.0. The number of nitrogens with zero attached hydrogens (tertiary/aromatic N) is 2. The third-order valence-corrected chi connectivity index (χ3v) is 5.96. The maximum atomic E-state index is 13.6. The predicted octanol–water partition coefficient (Wildman–Crippen LogP) is 2.55. The van der Waals surface area contributed by atoms with E-state index in [-0.39, 0.29) is 24.4 Å². The van der Waals surface area contributed by atoms with Crippen molar-refractivity contribution in [3.8, 4) is 0 Å². The summed E-state index contributed by atoms with van der Waals surface area (Å²) >= 11 is 0. The maximum absolute atomic E-state index is 13.6. The van der Waals surface area contributed by atoms with Gasteiger partial charge in [0.2, 0.25) is 0 Å². The molecule has 1 aromatic carbocycles. The molecule has 1 atom stereocenters. The normalized spacial score (nSPS) is 19.2. The summed E-state index contributed by atoms with van der Waals surface area (Å²) in [6.07, 6.45) is 3.72. The minimum Gasteiger partial charge on any atom is -0.311 e. The summed E-state index contributed by atoms with van der Waals surface area (Å²) < 4.78 is 29.0. The lowest BCUT2D eigenvalue weighted by atomic mass is 10.00. The fraction of sp³-hybridized carbons (Fsp3) is 0.458. The van der Waals surface area contributed by atoms with Crippen molar-refractivity contribution in [1.29, 1.82) is 0 Å². The van der Waals surface area contributed by atoms with Gasteiger partial charge in [0, 0.05) is 63.0 Å². The van der Waals surface area contributed by atoms with Gasteiger partial charge in [-0.3, -0.25) is 9.69 Å². The molecule has 30 heavy (non-hydrogen) atoms. The molecule has 2 aromatic rings. The molecule has 0 radical (unpaired) electrons. The van der Waals surface area contributed by atoms with Crippen LogP contribution in [0.5, 0.6) is 0 Å². The number of aromatic nitrogens is 1. The van der Waals surface area contributed by atoms with Crippen molar-refractivity contribution in [1.82, 2.24) is 14.8 Å². The minimum atomic E-state index is -2.57. The molecule has 1 N–H and O–H groups in total. The molecular weight excluding hydrogens is 384 g/mol. The van der Waals surface area contributed by atoms with Crippen LogP contribution < -0.4 is 21.4 Å². The molecule has 6 heteroatoms. The molecule has 0 bridgehead atoms. The van der Waals surface area contributed by atoms with Crippen molar-refractivity contribution in [3.05, 3.63) is 68.4 Å². The van der Waals surface area contributed by atoms with Crippen LogP contribution in [0.15, 0.2) is 41.2 Å². The van der Waals surface area contributed by atoms with Crippen LogP contribution in [0.25, 0.3) is 12.2 Å². The fourth-order valence-corrected chi connectivity index (χ4v) is 4.20. The van der Waals surface area contributed by atoms with Gasteiger partial charge in [0.15, 0.2) is 0 Å². The van der Waals surface area contributed by atoms with Gasteiger partial charge in [0.25, 0.3) is 11.5 Å². The average molecular weight is 416 g/mol. The largest absolute Gasteiger partial charge is 0.311 e. The number of halogens is 2. The van der Waals surface area contributed by atoms with E-state index in [0.29, 0.717) is 31.7 Å². The average Bonchev–Trinajstić information content (AvgIpc) is 2.75. The number of benzene rings is 1. The number of hydrogen-bond donors (Lipinski definition) is 1. The Balaban J connectivity index is 1.78. The number of pyridine rings is 1. The van der Waals surface area contributed by atoms with Gasteiger partial charge in [-0.25, -0.2) is 8.78 Å². The molecule has 0 spiro atoms. The Labute approximate surface area is 176 Å². The summed E-state index contributed by atoms with van der Waals surface area (Å²) in [6.45, 7) is 5.64. The first-order valence-electron chi connectivity index (χ1n) is 10.6. The number of hydrogen-bond acceptors (Lipinski definition) is 3. The second-order valence-electron chi connectivity index (χ2n) is 7.90. The number of likely N-dealkylation sites (tertiary alicyclic amines) is 1. The van der Waals surface area contributed by atoms with Gasteiger partial charge in [-0.2, -0.15) is 0 Å². The number of alkyl halides is 2. The van der Waals surface area contributed by atoms with Gasteiger partial charge in [0.1, 0.15) is 0 Å². The zero-order valence-electron chi connectivity index (χ0n) is 18.0. The van der Waals surface area contributed by atoms with Crippen molar-refractivity contribution in [2.45, 2.75) is 45.2 Å². The lowest BCUT2D eigenvalue weighted by Gasteiger charge is -2.38. The third-order valence-electron chi connectivity index (χ3n) is 5.96. The fourth-order valence-electron chi connectivity index (χ4n) is 4.20. The molecule has 1 unspecified atom stereocenters. The Morgan fingerprint density at radius 3 is 2.40 bits per heavy atom. The first kappa shape index (κ1) is 22.4. The van der Waals surface area contributed by atoms with Crippen LogP contribution in [-0.4, -0.2) is 35.0 Å². The standard InChI is InChI=1S/C24H31F2N3O/c1-4-18-15-20(23(30)28(3)21(18)5-2)16-27-17-22(19-9-7-6-8-10-19)29-13-11-24(25,26)12-14-29/h4-10,15,22,27H,11-14,16-17H2,1-3H3. The molecule has 162 valence electrons. The van der Waals surface area contributed by atoms with Crippen molar-refractivity contribution >= 4 is 12.2 Å². The van der Waals surface area contributed by atoms with Gasteiger partial charge in [-0.15, -0.1) is 0 Å². The Kier molecular flexibility index (Phi) is 7.21. The van der Waals surface area contributed by atoms with Crippen LogP contribution in [0.1, 0.15) is 43.9 Å². The van der Waals surface area contributed by atoms with Gasteiger partial charge >= 0.3 is 0 Å². The van der Waals surface area contributed by atoms with Crippen molar-refractivity contribution < 1.29 is 8.78 Å². The van der Waals surface area contributed by atoms with E-state index in [1.165, 1.54) is 0 Å². The number of rotatable bonds is 6. The summed E-state index contributed by atoms with van der Waals surface area (Å²) in [7, 11) is 1.79. The van der Waals surface area contributed by atoms with E-state index in [1.807, 2.05) is 62.4 Å². The van der Waals surface area contributed by atoms with Crippen LogP contribution in [0.4, 0.5) is 8.78 Å². The van der Waals surface area contributed by atoms with Crippen molar-refractivity contribution in [2.24, 2.45) is 7.05 Å². The molecule has 0 saturated carbocycles. The molecule has 0 aliphatic carbocycles. The Bertz CT molecular complexity index is 1020. The molecule has 4 nitrogen and oxygen atoms in total. The van der Waals surface area contributed by atoms with Gasteiger partial charge in [0.05, 0.1) is 0 Å². The monoisotopic (exact) mass is 415 g/mol. The van der Waals surface area contributed by atoms with E-state index < -0.39 is 5.92 Å². The number of nitrogens with one attached hydrogen (secondary N) is 1. The number of piperidine rings is 1. The molecule has 3 rings (SSSR count). The maximum Gasteiger partial charge on any atom is 0.255 e. The van der Waals surface area contributed by atoms with Crippen LogP contribution in [-0.2, 0) is 13.6 Å². The zero-order chi connectivity index (χ0) is 21.7. The molecule has 1 fully saturated rings. The summed E-state index contributed by atoms with van der Waals surface area (Å²) in [5.74, 6) is -2.57. The van der Waals surface area contributed by atoms with Gasteiger partial charge in [-0.1, -0.05) is 42.5 Å². The molecule has 1 saturated heterocycles. The van der Waals surface area contributed by atoms with E-state index in [9.17, 15) is 13.6 Å². The lowest BCUT2D eigenvalue weighted by molar-refractivity contribution is -0.0633.